The number of nitrogens with zero attached hydrogens (tertiary/aromatic N) is 1. The summed E-state index contributed by atoms with van der Waals surface area (Å²) in [5, 5.41) is 3.79. The topological polar surface area (TPSA) is 38.1 Å². The van der Waals surface area contributed by atoms with Crippen LogP contribution in [0, 0.1) is 0 Å². The van der Waals surface area contributed by atoms with Crippen molar-refractivity contribution in [2.24, 2.45) is 0 Å². The largest absolute Gasteiger partial charge is 0.469 e. The van der Waals surface area contributed by atoms with Gasteiger partial charge in [-0.25, -0.2) is 0 Å². The van der Waals surface area contributed by atoms with Crippen LogP contribution in [0.3, 0.4) is 0 Å². The van der Waals surface area contributed by atoms with Gasteiger partial charge in [0.2, 0.25) is 0 Å². The quantitative estimate of drug-likeness (QED) is 0.893. The summed E-state index contributed by atoms with van der Waals surface area (Å²) in [6.07, 6.45) is 9.53. The molecular weight excluding hydrogens is 236 g/mol. The zero-order chi connectivity index (χ0) is 12.7. The first kappa shape index (κ1) is 11.2. The van der Waals surface area contributed by atoms with Crippen LogP contribution in [0.1, 0.15) is 53.9 Å². The molecule has 19 heavy (non-hydrogen) atoms. The average Bonchev–Trinajstić information content (AvgIpc) is 3.06. The second kappa shape index (κ2) is 4.49. The van der Waals surface area contributed by atoms with Gasteiger partial charge in [0.15, 0.2) is 0 Å². The number of pyridine rings is 1. The Kier molecular flexibility index (Phi) is 2.66. The maximum absolute atomic E-state index is 5.56. The van der Waals surface area contributed by atoms with Crippen LogP contribution in [0.4, 0.5) is 0 Å². The van der Waals surface area contributed by atoms with Crippen LogP contribution in [0.15, 0.2) is 35.1 Å². The Balaban J connectivity index is 1.58. The first-order valence-corrected chi connectivity index (χ1v) is 7.18. The van der Waals surface area contributed by atoms with Crippen molar-refractivity contribution < 1.29 is 4.42 Å². The highest BCUT2D eigenvalue weighted by Crippen LogP contribution is 2.36. The van der Waals surface area contributed by atoms with Gasteiger partial charge in [0.1, 0.15) is 5.76 Å². The minimum Gasteiger partial charge on any atom is -0.469 e. The summed E-state index contributed by atoms with van der Waals surface area (Å²) in [6.45, 7) is 0. The molecule has 2 unspecified atom stereocenters. The van der Waals surface area contributed by atoms with Gasteiger partial charge in [-0.2, -0.15) is 0 Å². The Labute approximate surface area is 113 Å². The van der Waals surface area contributed by atoms with Gasteiger partial charge < -0.3 is 9.73 Å². The highest BCUT2D eigenvalue weighted by molar-refractivity contribution is 5.30. The van der Waals surface area contributed by atoms with Crippen molar-refractivity contribution in [1.82, 2.24) is 10.3 Å². The van der Waals surface area contributed by atoms with Gasteiger partial charge >= 0.3 is 0 Å². The van der Waals surface area contributed by atoms with E-state index in [1.807, 2.05) is 18.5 Å². The first-order chi connectivity index (χ1) is 9.42. The Hall–Kier alpha value is -1.61. The molecule has 0 aliphatic heterocycles. The number of hydrogen-bond acceptors (Lipinski definition) is 3. The number of aryl methyl sites for hydroxylation is 2. The number of nitrogens with one attached hydrogen (secondary N) is 1. The predicted octanol–water partition coefficient (Wildman–Crippen LogP) is 3.33. The lowest BCUT2D eigenvalue weighted by atomic mass is 9.92. The first-order valence-electron chi connectivity index (χ1n) is 7.18. The van der Waals surface area contributed by atoms with Crippen LogP contribution in [-0.4, -0.2) is 4.98 Å². The van der Waals surface area contributed by atoms with Gasteiger partial charge in [-0.1, -0.05) is 6.07 Å². The molecule has 0 spiro atoms. The molecule has 98 valence electrons. The average molecular weight is 254 g/mol. The normalized spacial score (nSPS) is 25.1. The minimum atomic E-state index is 0.405. The van der Waals surface area contributed by atoms with Crippen molar-refractivity contribution in [2.75, 3.05) is 0 Å². The highest BCUT2D eigenvalue weighted by atomic mass is 16.3. The summed E-state index contributed by atoms with van der Waals surface area (Å²) >= 11 is 0. The Morgan fingerprint density at radius 3 is 3.16 bits per heavy atom. The Morgan fingerprint density at radius 1 is 1.16 bits per heavy atom. The van der Waals surface area contributed by atoms with Crippen LogP contribution in [-0.2, 0) is 12.8 Å². The van der Waals surface area contributed by atoms with E-state index in [1.54, 1.807) is 0 Å². The van der Waals surface area contributed by atoms with Gasteiger partial charge in [0, 0.05) is 24.2 Å². The van der Waals surface area contributed by atoms with Gasteiger partial charge in [-0.3, -0.25) is 4.98 Å². The fraction of sp³-hybridized carbons (Fsp3) is 0.438. The molecule has 0 bridgehead atoms. The lowest BCUT2D eigenvalue weighted by Gasteiger charge is -2.26. The van der Waals surface area contributed by atoms with Crippen LogP contribution in [0.25, 0.3) is 0 Å². The molecule has 2 aliphatic rings. The van der Waals surface area contributed by atoms with Crippen molar-refractivity contribution >= 4 is 0 Å². The van der Waals surface area contributed by atoms with Gasteiger partial charge in [-0.05, 0) is 43.4 Å². The number of fused-ring (bicyclic) bond motifs is 2. The molecular formula is C16H18N2O. The second-order valence-corrected chi connectivity index (χ2v) is 5.55. The number of hydrogen-bond donors (Lipinski definition) is 1. The molecule has 2 aliphatic carbocycles. The third kappa shape index (κ3) is 1.89. The standard InChI is InChI=1S/C16H18N2O/c1-4-13(12-8-10-19-15(12)5-1)18-14-7-6-11-3-2-9-17-16(11)14/h2-3,8-10,13-14,18H,1,4-7H2. The SMILES string of the molecule is c1cnc2c(c1)CCC2NC1CCCc2occc21. The smallest absolute Gasteiger partial charge is 0.108 e. The summed E-state index contributed by atoms with van der Waals surface area (Å²) < 4.78 is 5.56. The Morgan fingerprint density at radius 2 is 2.16 bits per heavy atom. The number of furan rings is 1. The van der Waals surface area contributed by atoms with E-state index in [9.17, 15) is 0 Å². The predicted molar refractivity (Wildman–Crippen MR) is 72.8 cm³/mol. The summed E-state index contributed by atoms with van der Waals surface area (Å²) in [6, 6.07) is 7.20. The summed E-state index contributed by atoms with van der Waals surface area (Å²) in [5.74, 6) is 1.17. The van der Waals surface area contributed by atoms with E-state index in [0.717, 1.165) is 19.3 Å². The lowest BCUT2D eigenvalue weighted by molar-refractivity contribution is 0.372. The van der Waals surface area contributed by atoms with Crippen molar-refractivity contribution in [3.63, 3.8) is 0 Å². The maximum atomic E-state index is 5.56. The molecule has 2 atom stereocenters. The van der Waals surface area contributed by atoms with E-state index in [2.05, 4.69) is 22.4 Å². The summed E-state index contributed by atoms with van der Waals surface area (Å²) in [7, 11) is 0. The van der Waals surface area contributed by atoms with Crippen molar-refractivity contribution in [1.29, 1.82) is 0 Å². The summed E-state index contributed by atoms with van der Waals surface area (Å²) in [5.41, 5.74) is 4.01. The zero-order valence-electron chi connectivity index (χ0n) is 10.9. The molecule has 0 radical (unpaired) electrons. The van der Waals surface area contributed by atoms with Crippen molar-refractivity contribution in [3.05, 3.63) is 53.2 Å². The van der Waals surface area contributed by atoms with Gasteiger partial charge in [0.05, 0.1) is 18.0 Å². The molecule has 1 N–H and O–H groups in total. The molecule has 0 aromatic carbocycles. The van der Waals surface area contributed by atoms with E-state index < -0.39 is 0 Å². The molecule has 0 saturated carbocycles. The molecule has 2 heterocycles. The summed E-state index contributed by atoms with van der Waals surface area (Å²) in [4.78, 5) is 4.56. The molecule has 0 amide bonds. The second-order valence-electron chi connectivity index (χ2n) is 5.55. The lowest BCUT2D eigenvalue weighted by Crippen LogP contribution is -2.28. The molecule has 0 fully saturated rings. The van der Waals surface area contributed by atoms with E-state index in [0.29, 0.717) is 12.1 Å². The molecule has 0 saturated heterocycles. The molecule has 2 aromatic heterocycles. The van der Waals surface area contributed by atoms with Crippen molar-refractivity contribution in [3.8, 4) is 0 Å². The van der Waals surface area contributed by atoms with E-state index in [1.165, 1.54) is 35.4 Å². The molecule has 4 rings (SSSR count). The van der Waals surface area contributed by atoms with E-state index in [-0.39, 0.29) is 0 Å². The van der Waals surface area contributed by atoms with E-state index in [4.69, 9.17) is 4.42 Å². The number of rotatable bonds is 2. The third-order valence-electron chi connectivity index (χ3n) is 4.41. The third-order valence-corrected chi connectivity index (χ3v) is 4.41. The van der Waals surface area contributed by atoms with Crippen LogP contribution in [0.5, 0.6) is 0 Å². The van der Waals surface area contributed by atoms with Gasteiger partial charge in [0.25, 0.3) is 0 Å². The fourth-order valence-corrected chi connectivity index (χ4v) is 3.48. The molecule has 3 nitrogen and oxygen atoms in total. The zero-order valence-corrected chi connectivity index (χ0v) is 10.9. The minimum absolute atomic E-state index is 0.405. The fourth-order valence-electron chi connectivity index (χ4n) is 3.48. The van der Waals surface area contributed by atoms with Crippen LogP contribution < -0.4 is 5.32 Å². The molecule has 3 heteroatoms. The number of aromatic nitrogens is 1. The monoisotopic (exact) mass is 254 g/mol. The highest BCUT2D eigenvalue weighted by Gasteiger charge is 2.29. The van der Waals surface area contributed by atoms with Gasteiger partial charge in [-0.15, -0.1) is 0 Å². The maximum Gasteiger partial charge on any atom is 0.108 e. The van der Waals surface area contributed by atoms with Crippen molar-refractivity contribution in [2.45, 2.75) is 44.2 Å². The van der Waals surface area contributed by atoms with E-state index >= 15 is 0 Å². The molecule has 2 aromatic rings. The Bertz CT molecular complexity index is 590. The van der Waals surface area contributed by atoms with Crippen LogP contribution in [0.2, 0.25) is 0 Å². The van der Waals surface area contributed by atoms with Crippen LogP contribution >= 0.6 is 0 Å².